The average Bonchev–Trinajstić information content (AvgIpc) is 2.58. The molecule has 24 heavy (non-hydrogen) atoms. The highest BCUT2D eigenvalue weighted by atomic mass is 35.5. The largest absolute Gasteiger partial charge is 0.332 e. The van der Waals surface area contributed by atoms with Gasteiger partial charge in [0.05, 0.1) is 22.8 Å². The molecule has 1 N–H and O–H groups in total. The van der Waals surface area contributed by atoms with Crippen LogP contribution in [0.1, 0.15) is 10.4 Å². The van der Waals surface area contributed by atoms with E-state index in [1.165, 1.54) is 43.2 Å². The molecule has 0 aliphatic heterocycles. The lowest BCUT2D eigenvalue weighted by Gasteiger charge is -2.09. The highest BCUT2D eigenvalue weighted by Crippen LogP contribution is 2.16. The van der Waals surface area contributed by atoms with Crippen molar-refractivity contribution < 1.29 is 4.79 Å². The normalized spacial score (nSPS) is 10.8. The zero-order valence-corrected chi connectivity index (χ0v) is 13.5. The quantitative estimate of drug-likeness (QED) is 0.697. The first-order chi connectivity index (χ1) is 11.4. The summed E-state index contributed by atoms with van der Waals surface area (Å²) >= 11 is 5.89. The van der Waals surface area contributed by atoms with Crippen LogP contribution in [0.5, 0.6) is 0 Å². The Morgan fingerprint density at radius 3 is 2.67 bits per heavy atom. The zero-order chi connectivity index (χ0) is 17.4. The molecule has 0 fully saturated rings. The van der Waals surface area contributed by atoms with E-state index in [9.17, 15) is 14.4 Å². The Balaban J connectivity index is 2.06. The summed E-state index contributed by atoms with van der Waals surface area (Å²) in [7, 11) is 2.90. The number of halogens is 1. The van der Waals surface area contributed by atoms with Gasteiger partial charge < -0.3 is 5.32 Å². The van der Waals surface area contributed by atoms with E-state index in [4.69, 9.17) is 11.6 Å². The molecule has 0 saturated carbocycles. The Labute approximate surface area is 140 Å². The fraction of sp³-hybridized carbons (Fsp3) is 0.133. The van der Waals surface area contributed by atoms with Crippen LogP contribution in [-0.4, -0.2) is 25.0 Å². The molecule has 0 aromatic carbocycles. The number of aryl methyl sites for hydroxylation is 1. The van der Waals surface area contributed by atoms with Gasteiger partial charge in [-0.2, -0.15) is 0 Å². The maximum atomic E-state index is 12.2. The molecule has 3 heterocycles. The van der Waals surface area contributed by atoms with E-state index < -0.39 is 17.2 Å². The van der Waals surface area contributed by atoms with Gasteiger partial charge in [-0.3, -0.25) is 18.7 Å². The van der Waals surface area contributed by atoms with Crippen molar-refractivity contribution in [1.29, 1.82) is 0 Å². The van der Waals surface area contributed by atoms with E-state index in [1.54, 1.807) is 6.07 Å². The number of carbonyl (C=O) groups is 1. The van der Waals surface area contributed by atoms with Crippen LogP contribution in [0.2, 0.25) is 5.15 Å². The van der Waals surface area contributed by atoms with Crippen LogP contribution in [0.3, 0.4) is 0 Å². The number of nitrogens with zero attached hydrogens (tertiary/aromatic N) is 4. The van der Waals surface area contributed by atoms with Crippen molar-refractivity contribution in [3.05, 3.63) is 62.1 Å². The minimum atomic E-state index is -0.490. The predicted molar refractivity (Wildman–Crippen MR) is 89.4 cm³/mol. The Bertz CT molecular complexity index is 1090. The molecule has 0 radical (unpaired) electrons. The first-order valence-electron chi connectivity index (χ1n) is 6.88. The summed E-state index contributed by atoms with van der Waals surface area (Å²) < 4.78 is 2.24. The third kappa shape index (κ3) is 2.56. The van der Waals surface area contributed by atoms with Crippen molar-refractivity contribution in [2.45, 2.75) is 0 Å². The molecular weight excluding hydrogens is 334 g/mol. The lowest BCUT2D eigenvalue weighted by atomic mass is 10.2. The third-order valence-electron chi connectivity index (χ3n) is 3.55. The number of hydrogen-bond donors (Lipinski definition) is 1. The van der Waals surface area contributed by atoms with E-state index in [1.807, 2.05) is 0 Å². The maximum absolute atomic E-state index is 12.2. The SMILES string of the molecule is Cn1c(=O)c2cc(NC(=O)c3cccnc3Cl)cnc2n(C)c1=O. The van der Waals surface area contributed by atoms with Crippen molar-refractivity contribution in [3.8, 4) is 0 Å². The minimum absolute atomic E-state index is 0.0714. The van der Waals surface area contributed by atoms with Crippen LogP contribution in [-0.2, 0) is 14.1 Å². The van der Waals surface area contributed by atoms with Crippen molar-refractivity contribution >= 4 is 34.2 Å². The molecular formula is C15H12ClN5O3. The number of hydrogen-bond acceptors (Lipinski definition) is 5. The van der Waals surface area contributed by atoms with Crippen LogP contribution in [0.25, 0.3) is 11.0 Å². The molecule has 9 heteroatoms. The molecule has 0 bridgehead atoms. The number of nitrogens with one attached hydrogen (secondary N) is 1. The number of aromatic nitrogens is 4. The van der Waals surface area contributed by atoms with E-state index in [0.717, 1.165) is 4.57 Å². The summed E-state index contributed by atoms with van der Waals surface area (Å²) in [6.07, 6.45) is 2.84. The molecule has 0 unspecified atom stereocenters. The number of rotatable bonds is 2. The maximum Gasteiger partial charge on any atom is 0.332 e. The summed E-state index contributed by atoms with van der Waals surface area (Å²) in [5.41, 5.74) is -0.216. The van der Waals surface area contributed by atoms with Crippen molar-refractivity contribution in [2.24, 2.45) is 14.1 Å². The number of carbonyl (C=O) groups excluding carboxylic acids is 1. The molecule has 3 aromatic heterocycles. The highest BCUT2D eigenvalue weighted by molar-refractivity contribution is 6.33. The summed E-state index contributed by atoms with van der Waals surface area (Å²) in [6, 6.07) is 4.58. The van der Waals surface area contributed by atoms with Gasteiger partial charge in [-0.25, -0.2) is 14.8 Å². The average molecular weight is 346 g/mol. The molecule has 0 aliphatic rings. The molecule has 0 spiro atoms. The topological polar surface area (TPSA) is 98.9 Å². The second kappa shape index (κ2) is 5.89. The fourth-order valence-corrected chi connectivity index (χ4v) is 2.49. The Hall–Kier alpha value is -3.00. The van der Waals surface area contributed by atoms with Crippen LogP contribution in [0.4, 0.5) is 5.69 Å². The van der Waals surface area contributed by atoms with Crippen molar-refractivity contribution in [1.82, 2.24) is 19.1 Å². The van der Waals surface area contributed by atoms with Gasteiger partial charge in [-0.05, 0) is 18.2 Å². The minimum Gasteiger partial charge on any atom is -0.320 e. The van der Waals surface area contributed by atoms with E-state index in [2.05, 4.69) is 15.3 Å². The first-order valence-corrected chi connectivity index (χ1v) is 7.25. The number of amides is 1. The number of pyridine rings is 2. The molecule has 3 rings (SSSR count). The monoisotopic (exact) mass is 345 g/mol. The second-order valence-corrected chi connectivity index (χ2v) is 5.45. The Morgan fingerprint density at radius 1 is 1.21 bits per heavy atom. The van der Waals surface area contributed by atoms with Crippen molar-refractivity contribution in [3.63, 3.8) is 0 Å². The van der Waals surface area contributed by atoms with E-state index >= 15 is 0 Å². The van der Waals surface area contributed by atoms with Crippen LogP contribution >= 0.6 is 11.6 Å². The second-order valence-electron chi connectivity index (χ2n) is 5.10. The highest BCUT2D eigenvalue weighted by Gasteiger charge is 2.14. The molecule has 1 amide bonds. The van der Waals surface area contributed by atoms with Crippen molar-refractivity contribution in [2.75, 3.05) is 5.32 Å². The lowest BCUT2D eigenvalue weighted by Crippen LogP contribution is -2.37. The fourth-order valence-electron chi connectivity index (χ4n) is 2.29. The van der Waals surface area contributed by atoms with Gasteiger partial charge in [0.1, 0.15) is 10.8 Å². The molecule has 0 saturated heterocycles. The van der Waals surface area contributed by atoms with Gasteiger partial charge in [-0.15, -0.1) is 0 Å². The number of fused-ring (bicyclic) bond motifs is 1. The summed E-state index contributed by atoms with van der Waals surface area (Å²) in [6.45, 7) is 0. The van der Waals surface area contributed by atoms with E-state index in [0.29, 0.717) is 5.69 Å². The van der Waals surface area contributed by atoms with Gasteiger partial charge in [0, 0.05) is 20.3 Å². The smallest absolute Gasteiger partial charge is 0.320 e. The summed E-state index contributed by atoms with van der Waals surface area (Å²) in [4.78, 5) is 44.3. The van der Waals surface area contributed by atoms with Gasteiger partial charge in [0.2, 0.25) is 0 Å². The Morgan fingerprint density at radius 2 is 1.96 bits per heavy atom. The molecule has 0 aliphatic carbocycles. The Kier molecular flexibility index (Phi) is 3.90. The van der Waals surface area contributed by atoms with E-state index in [-0.39, 0.29) is 21.7 Å². The number of anilines is 1. The third-order valence-corrected chi connectivity index (χ3v) is 3.86. The van der Waals surface area contributed by atoms with Gasteiger partial charge in [0.15, 0.2) is 0 Å². The standard InChI is InChI=1S/C15H12ClN5O3/c1-20-12-10(14(23)21(2)15(20)24)6-8(7-18-12)19-13(22)9-4-3-5-17-11(9)16/h3-7H,1-2H3,(H,19,22). The molecule has 0 atom stereocenters. The van der Waals surface area contributed by atoms with Crippen LogP contribution in [0, 0.1) is 0 Å². The van der Waals surface area contributed by atoms with Gasteiger partial charge in [0.25, 0.3) is 11.5 Å². The van der Waals surface area contributed by atoms with Crippen LogP contribution < -0.4 is 16.6 Å². The molecule has 8 nitrogen and oxygen atoms in total. The van der Waals surface area contributed by atoms with Crippen LogP contribution in [0.15, 0.2) is 40.2 Å². The summed E-state index contributed by atoms with van der Waals surface area (Å²) in [5.74, 6) is -0.476. The first kappa shape index (κ1) is 15.9. The zero-order valence-electron chi connectivity index (χ0n) is 12.8. The van der Waals surface area contributed by atoms with Gasteiger partial charge >= 0.3 is 5.69 Å². The predicted octanol–water partition coefficient (Wildman–Crippen LogP) is 0.933. The molecule has 3 aromatic rings. The summed E-state index contributed by atoms with van der Waals surface area (Å²) in [5, 5.41) is 2.90. The molecule has 122 valence electrons. The lowest BCUT2D eigenvalue weighted by molar-refractivity contribution is 0.102. The van der Waals surface area contributed by atoms with Gasteiger partial charge in [-0.1, -0.05) is 11.6 Å².